The molecule has 0 bridgehead atoms. The number of carboxylic acid groups (broad SMARTS) is 1. The number of hydrogen-bond acceptors (Lipinski definition) is 3. The summed E-state index contributed by atoms with van der Waals surface area (Å²) in [5, 5.41) is 8.78. The lowest BCUT2D eigenvalue weighted by molar-refractivity contribution is -0.144. The van der Waals surface area contributed by atoms with Gasteiger partial charge in [-0.2, -0.15) is 0 Å². The van der Waals surface area contributed by atoms with E-state index in [1.165, 1.54) is 11.0 Å². The van der Waals surface area contributed by atoms with E-state index in [1.807, 2.05) is 30.3 Å². The van der Waals surface area contributed by atoms with Gasteiger partial charge in [0.1, 0.15) is 6.54 Å². The lowest BCUT2D eigenvalue weighted by Gasteiger charge is -2.22. The fraction of sp³-hybridized carbons (Fsp3) is 0.333. The number of carboxylic acids is 1. The molecule has 0 spiro atoms. The Hall–Kier alpha value is -2.14. The molecule has 0 unspecified atom stereocenters. The van der Waals surface area contributed by atoms with Crippen LogP contribution in [-0.4, -0.2) is 41.0 Å². The minimum absolute atomic E-state index is 0.185. The molecule has 1 rings (SSSR count). The monoisotopic (exact) mass is 276 g/mol. The Morgan fingerprint density at radius 3 is 2.55 bits per heavy atom. The Balaban J connectivity index is 2.55. The van der Waals surface area contributed by atoms with E-state index in [0.717, 1.165) is 5.56 Å². The van der Waals surface area contributed by atoms with Crippen LogP contribution in [-0.2, 0) is 16.0 Å². The van der Waals surface area contributed by atoms with Crippen molar-refractivity contribution in [1.29, 1.82) is 0 Å². The highest BCUT2D eigenvalue weighted by atomic mass is 16.4. The Morgan fingerprint density at radius 2 is 2.00 bits per heavy atom. The summed E-state index contributed by atoms with van der Waals surface area (Å²) in [7, 11) is 0. The van der Waals surface area contributed by atoms with Crippen LogP contribution >= 0.6 is 0 Å². The summed E-state index contributed by atoms with van der Waals surface area (Å²) >= 11 is 0. The van der Waals surface area contributed by atoms with Gasteiger partial charge in [-0.3, -0.25) is 9.59 Å². The van der Waals surface area contributed by atoms with Gasteiger partial charge in [0.15, 0.2) is 0 Å². The van der Waals surface area contributed by atoms with Gasteiger partial charge >= 0.3 is 5.97 Å². The highest BCUT2D eigenvalue weighted by Crippen LogP contribution is 2.06. The molecule has 0 aliphatic heterocycles. The van der Waals surface area contributed by atoms with Crippen molar-refractivity contribution in [2.24, 2.45) is 5.73 Å². The molecule has 1 aromatic carbocycles. The van der Waals surface area contributed by atoms with Gasteiger partial charge in [0.05, 0.1) is 6.04 Å². The van der Waals surface area contributed by atoms with Gasteiger partial charge in [-0.15, -0.1) is 6.58 Å². The molecule has 0 fully saturated rings. The molecule has 5 nitrogen and oxygen atoms in total. The number of carbonyl (C=O) groups excluding carboxylic acids is 1. The second-order valence-corrected chi connectivity index (χ2v) is 4.53. The number of hydrogen-bond donors (Lipinski definition) is 2. The quantitative estimate of drug-likeness (QED) is 0.695. The molecule has 0 saturated heterocycles. The summed E-state index contributed by atoms with van der Waals surface area (Å²) in [6.07, 6.45) is 2.66. The van der Waals surface area contributed by atoms with E-state index in [0.29, 0.717) is 12.8 Å². The van der Waals surface area contributed by atoms with Gasteiger partial charge in [-0.05, 0) is 18.4 Å². The lowest BCUT2D eigenvalue weighted by Crippen LogP contribution is -2.46. The van der Waals surface area contributed by atoms with Crippen molar-refractivity contribution in [1.82, 2.24) is 4.90 Å². The molecule has 5 heteroatoms. The van der Waals surface area contributed by atoms with E-state index in [1.54, 1.807) is 0 Å². The molecular formula is C15H20N2O3. The summed E-state index contributed by atoms with van der Waals surface area (Å²) < 4.78 is 0. The van der Waals surface area contributed by atoms with Crippen LogP contribution in [0.2, 0.25) is 0 Å². The summed E-state index contributed by atoms with van der Waals surface area (Å²) in [5.74, 6) is -1.42. The summed E-state index contributed by atoms with van der Waals surface area (Å²) in [6.45, 7) is 3.34. The summed E-state index contributed by atoms with van der Waals surface area (Å²) in [6, 6.07) is 9.02. The van der Waals surface area contributed by atoms with E-state index in [9.17, 15) is 9.59 Å². The predicted octanol–water partition coefficient (Wildman–Crippen LogP) is 1.05. The van der Waals surface area contributed by atoms with Crippen LogP contribution in [0.1, 0.15) is 12.0 Å². The maximum Gasteiger partial charge on any atom is 0.323 e. The van der Waals surface area contributed by atoms with Crippen molar-refractivity contribution < 1.29 is 14.7 Å². The number of amides is 1. The molecule has 0 radical (unpaired) electrons. The largest absolute Gasteiger partial charge is 0.480 e. The third-order valence-electron chi connectivity index (χ3n) is 2.89. The number of carbonyl (C=O) groups is 2. The van der Waals surface area contributed by atoms with Crippen LogP contribution < -0.4 is 5.73 Å². The van der Waals surface area contributed by atoms with Crippen molar-refractivity contribution in [2.75, 3.05) is 13.1 Å². The Kier molecular flexibility index (Phi) is 6.46. The maximum atomic E-state index is 12.1. The summed E-state index contributed by atoms with van der Waals surface area (Å²) in [5.41, 5.74) is 6.95. The Bertz CT molecular complexity index is 459. The predicted molar refractivity (Wildman–Crippen MR) is 77.2 cm³/mol. The Labute approximate surface area is 118 Å². The van der Waals surface area contributed by atoms with E-state index < -0.39 is 12.0 Å². The van der Waals surface area contributed by atoms with Crippen LogP contribution in [0.4, 0.5) is 0 Å². The Morgan fingerprint density at radius 1 is 1.35 bits per heavy atom. The minimum Gasteiger partial charge on any atom is -0.480 e. The second-order valence-electron chi connectivity index (χ2n) is 4.53. The SMILES string of the molecule is C=CCN(CC(=O)O)C(=O)[C@@H](N)CCc1ccccc1. The summed E-state index contributed by atoms with van der Waals surface area (Å²) in [4.78, 5) is 24.0. The van der Waals surface area contributed by atoms with Gasteiger partial charge < -0.3 is 15.7 Å². The molecule has 1 atom stereocenters. The zero-order chi connectivity index (χ0) is 15.0. The topological polar surface area (TPSA) is 83.6 Å². The van der Waals surface area contributed by atoms with Crippen LogP contribution in [0.15, 0.2) is 43.0 Å². The van der Waals surface area contributed by atoms with Crippen molar-refractivity contribution in [3.8, 4) is 0 Å². The standard InChI is InChI=1S/C15H20N2O3/c1-2-10-17(11-14(18)19)15(20)13(16)9-8-12-6-4-3-5-7-12/h2-7,13H,1,8-11,16H2,(H,18,19)/t13-/m0/s1. The van der Waals surface area contributed by atoms with E-state index in [2.05, 4.69) is 6.58 Å². The van der Waals surface area contributed by atoms with E-state index in [4.69, 9.17) is 10.8 Å². The number of rotatable bonds is 8. The van der Waals surface area contributed by atoms with Crippen molar-refractivity contribution >= 4 is 11.9 Å². The lowest BCUT2D eigenvalue weighted by atomic mass is 10.0. The molecule has 108 valence electrons. The average molecular weight is 276 g/mol. The average Bonchev–Trinajstić information content (AvgIpc) is 2.44. The first-order valence-corrected chi connectivity index (χ1v) is 6.45. The molecule has 20 heavy (non-hydrogen) atoms. The fourth-order valence-corrected chi connectivity index (χ4v) is 1.88. The van der Waals surface area contributed by atoms with Crippen LogP contribution in [0.25, 0.3) is 0 Å². The van der Waals surface area contributed by atoms with Gasteiger partial charge in [0.25, 0.3) is 0 Å². The molecule has 0 aromatic heterocycles. The number of nitrogens with zero attached hydrogens (tertiary/aromatic N) is 1. The number of nitrogens with two attached hydrogens (primary N) is 1. The number of aliphatic carboxylic acids is 1. The molecule has 0 saturated carbocycles. The zero-order valence-corrected chi connectivity index (χ0v) is 11.4. The first-order valence-electron chi connectivity index (χ1n) is 6.45. The van der Waals surface area contributed by atoms with E-state index in [-0.39, 0.29) is 19.0 Å². The van der Waals surface area contributed by atoms with Crippen molar-refractivity contribution in [2.45, 2.75) is 18.9 Å². The highest BCUT2D eigenvalue weighted by molar-refractivity contribution is 5.85. The number of aryl methyl sites for hydroxylation is 1. The molecular weight excluding hydrogens is 256 g/mol. The van der Waals surface area contributed by atoms with Gasteiger partial charge in [0.2, 0.25) is 5.91 Å². The third-order valence-corrected chi connectivity index (χ3v) is 2.89. The first kappa shape index (κ1) is 15.9. The van der Waals surface area contributed by atoms with Crippen molar-refractivity contribution in [3.05, 3.63) is 48.6 Å². The third kappa shape index (κ3) is 5.24. The van der Waals surface area contributed by atoms with Crippen LogP contribution in [0.3, 0.4) is 0 Å². The van der Waals surface area contributed by atoms with Crippen LogP contribution in [0, 0.1) is 0 Å². The first-order chi connectivity index (χ1) is 9.54. The normalized spacial score (nSPS) is 11.7. The van der Waals surface area contributed by atoms with Gasteiger partial charge in [-0.25, -0.2) is 0 Å². The zero-order valence-electron chi connectivity index (χ0n) is 11.4. The highest BCUT2D eigenvalue weighted by Gasteiger charge is 2.21. The smallest absolute Gasteiger partial charge is 0.323 e. The number of benzene rings is 1. The second kappa shape index (κ2) is 8.12. The van der Waals surface area contributed by atoms with Crippen molar-refractivity contribution in [3.63, 3.8) is 0 Å². The molecule has 3 N–H and O–H groups in total. The van der Waals surface area contributed by atoms with E-state index >= 15 is 0 Å². The van der Waals surface area contributed by atoms with Gasteiger partial charge in [0, 0.05) is 6.54 Å². The molecule has 0 heterocycles. The molecule has 0 aliphatic carbocycles. The fourth-order valence-electron chi connectivity index (χ4n) is 1.88. The minimum atomic E-state index is -1.06. The van der Waals surface area contributed by atoms with Crippen LogP contribution in [0.5, 0.6) is 0 Å². The molecule has 1 aromatic rings. The molecule has 1 amide bonds. The molecule has 0 aliphatic rings. The van der Waals surface area contributed by atoms with Gasteiger partial charge in [-0.1, -0.05) is 36.4 Å². The maximum absolute atomic E-state index is 12.1.